The lowest BCUT2D eigenvalue weighted by molar-refractivity contribution is 0.00338. The SMILES string of the molecule is CC(C)C(O)(CN)Cc1cc(Cl)ccc1F. The molecule has 1 rings (SSSR count). The molecule has 1 aromatic rings. The number of halogens is 2. The van der Waals surface area contributed by atoms with E-state index >= 15 is 0 Å². The van der Waals surface area contributed by atoms with Gasteiger partial charge in [-0.1, -0.05) is 25.4 Å². The van der Waals surface area contributed by atoms with Crippen LogP contribution in [0.2, 0.25) is 5.02 Å². The van der Waals surface area contributed by atoms with Gasteiger partial charge in [0.05, 0.1) is 5.60 Å². The first kappa shape index (κ1) is 13.4. The average molecular weight is 246 g/mol. The molecule has 0 aliphatic heterocycles. The summed E-state index contributed by atoms with van der Waals surface area (Å²) in [5.74, 6) is -0.409. The molecule has 0 radical (unpaired) electrons. The Hall–Kier alpha value is -0.640. The number of hydrogen-bond donors (Lipinski definition) is 2. The van der Waals surface area contributed by atoms with Crippen LogP contribution in [0.15, 0.2) is 18.2 Å². The van der Waals surface area contributed by atoms with Crippen LogP contribution >= 0.6 is 11.6 Å². The fraction of sp³-hybridized carbons (Fsp3) is 0.500. The summed E-state index contributed by atoms with van der Waals surface area (Å²) < 4.78 is 13.5. The number of hydrogen-bond acceptors (Lipinski definition) is 2. The molecule has 4 heteroatoms. The number of nitrogens with two attached hydrogens (primary N) is 1. The second-order valence-corrected chi connectivity index (χ2v) is 4.81. The molecular formula is C12H17ClFNO. The Bertz CT molecular complexity index is 370. The third kappa shape index (κ3) is 2.94. The van der Waals surface area contributed by atoms with Crippen LogP contribution in [0.1, 0.15) is 19.4 Å². The van der Waals surface area contributed by atoms with Crippen LogP contribution in [-0.4, -0.2) is 17.3 Å². The quantitative estimate of drug-likeness (QED) is 0.856. The second-order valence-electron chi connectivity index (χ2n) is 4.37. The van der Waals surface area contributed by atoms with Crippen LogP contribution < -0.4 is 5.73 Å². The predicted octanol–water partition coefficient (Wildman–Crippen LogP) is 2.37. The third-order valence-corrected chi connectivity index (χ3v) is 3.17. The Kier molecular flexibility index (Phi) is 4.30. The molecule has 0 heterocycles. The molecule has 0 aliphatic carbocycles. The molecule has 0 amide bonds. The minimum atomic E-state index is -1.09. The summed E-state index contributed by atoms with van der Waals surface area (Å²) in [5.41, 5.74) is 4.84. The molecule has 1 unspecified atom stereocenters. The minimum Gasteiger partial charge on any atom is -0.388 e. The van der Waals surface area contributed by atoms with Crippen molar-refractivity contribution in [2.24, 2.45) is 11.7 Å². The highest BCUT2D eigenvalue weighted by atomic mass is 35.5. The van der Waals surface area contributed by atoms with Gasteiger partial charge in [0.15, 0.2) is 0 Å². The molecule has 16 heavy (non-hydrogen) atoms. The van der Waals surface area contributed by atoms with E-state index in [4.69, 9.17) is 17.3 Å². The van der Waals surface area contributed by atoms with Crippen LogP contribution in [0.3, 0.4) is 0 Å². The molecule has 3 N–H and O–H groups in total. The van der Waals surface area contributed by atoms with Crippen molar-refractivity contribution in [2.45, 2.75) is 25.9 Å². The molecule has 1 atom stereocenters. The van der Waals surface area contributed by atoms with E-state index in [0.717, 1.165) is 0 Å². The normalized spacial score (nSPS) is 15.2. The second kappa shape index (κ2) is 5.13. The summed E-state index contributed by atoms with van der Waals surface area (Å²) in [6.07, 6.45) is 0.174. The van der Waals surface area contributed by atoms with E-state index in [1.54, 1.807) is 0 Å². The topological polar surface area (TPSA) is 46.2 Å². The minimum absolute atomic E-state index is 0.0455. The molecular weight excluding hydrogens is 229 g/mol. The van der Waals surface area contributed by atoms with Crippen molar-refractivity contribution >= 4 is 11.6 Å². The van der Waals surface area contributed by atoms with E-state index in [2.05, 4.69) is 0 Å². The largest absolute Gasteiger partial charge is 0.388 e. The van der Waals surface area contributed by atoms with Gasteiger partial charge >= 0.3 is 0 Å². The average Bonchev–Trinajstić information content (AvgIpc) is 2.23. The first-order valence-electron chi connectivity index (χ1n) is 5.25. The van der Waals surface area contributed by atoms with Gasteiger partial charge in [-0.25, -0.2) is 4.39 Å². The zero-order valence-corrected chi connectivity index (χ0v) is 10.3. The van der Waals surface area contributed by atoms with Crippen molar-refractivity contribution in [2.75, 3.05) is 6.54 Å². The van der Waals surface area contributed by atoms with Gasteiger partial charge in [0.1, 0.15) is 5.82 Å². The molecule has 0 bridgehead atoms. The molecule has 0 fully saturated rings. The van der Waals surface area contributed by atoms with Crippen LogP contribution in [0, 0.1) is 11.7 Å². The highest BCUT2D eigenvalue weighted by Gasteiger charge is 2.30. The Morgan fingerprint density at radius 3 is 2.62 bits per heavy atom. The molecule has 0 aliphatic rings. The summed E-state index contributed by atoms with van der Waals surface area (Å²) in [4.78, 5) is 0. The highest BCUT2D eigenvalue weighted by molar-refractivity contribution is 6.30. The van der Waals surface area contributed by atoms with Crippen molar-refractivity contribution in [3.05, 3.63) is 34.6 Å². The molecule has 90 valence electrons. The zero-order valence-electron chi connectivity index (χ0n) is 9.50. The number of aliphatic hydroxyl groups is 1. The molecule has 0 saturated heterocycles. The standard InChI is InChI=1S/C12H17ClFNO/c1-8(2)12(16,7-15)6-9-5-10(13)3-4-11(9)14/h3-5,8,16H,6-7,15H2,1-2H3. The maximum Gasteiger partial charge on any atom is 0.126 e. The molecule has 1 aromatic carbocycles. The van der Waals surface area contributed by atoms with E-state index in [1.807, 2.05) is 13.8 Å². The lowest BCUT2D eigenvalue weighted by atomic mass is 9.84. The zero-order chi connectivity index (χ0) is 12.3. The van der Waals surface area contributed by atoms with Gasteiger partial charge in [-0.15, -0.1) is 0 Å². The van der Waals surface area contributed by atoms with Gasteiger partial charge in [-0.3, -0.25) is 0 Å². The van der Waals surface area contributed by atoms with E-state index in [0.29, 0.717) is 10.6 Å². The molecule has 0 aromatic heterocycles. The van der Waals surface area contributed by atoms with E-state index < -0.39 is 5.60 Å². The van der Waals surface area contributed by atoms with Crippen molar-refractivity contribution < 1.29 is 9.50 Å². The van der Waals surface area contributed by atoms with Crippen molar-refractivity contribution in [3.63, 3.8) is 0 Å². The summed E-state index contributed by atoms with van der Waals surface area (Å²) in [6, 6.07) is 4.31. The molecule has 0 spiro atoms. The smallest absolute Gasteiger partial charge is 0.126 e. The van der Waals surface area contributed by atoms with Gasteiger partial charge in [0.2, 0.25) is 0 Å². The molecule has 0 saturated carbocycles. The first-order chi connectivity index (χ1) is 7.39. The lowest BCUT2D eigenvalue weighted by Crippen LogP contribution is -2.45. The number of rotatable bonds is 4. The van der Waals surface area contributed by atoms with Gasteiger partial charge in [-0.2, -0.15) is 0 Å². The van der Waals surface area contributed by atoms with Gasteiger partial charge in [0.25, 0.3) is 0 Å². The fourth-order valence-corrected chi connectivity index (χ4v) is 1.72. The summed E-state index contributed by atoms with van der Waals surface area (Å²) in [7, 11) is 0. The van der Waals surface area contributed by atoms with Gasteiger partial charge < -0.3 is 10.8 Å². The lowest BCUT2D eigenvalue weighted by Gasteiger charge is -2.31. The van der Waals surface area contributed by atoms with E-state index in [9.17, 15) is 9.50 Å². The van der Waals surface area contributed by atoms with E-state index in [-0.39, 0.29) is 24.7 Å². The van der Waals surface area contributed by atoms with Crippen molar-refractivity contribution in [3.8, 4) is 0 Å². The summed E-state index contributed by atoms with van der Waals surface area (Å²) in [6.45, 7) is 3.81. The van der Waals surface area contributed by atoms with Gasteiger partial charge in [0, 0.05) is 18.0 Å². The van der Waals surface area contributed by atoms with Gasteiger partial charge in [-0.05, 0) is 29.7 Å². The Morgan fingerprint density at radius 2 is 2.12 bits per heavy atom. The maximum atomic E-state index is 13.5. The fourth-order valence-electron chi connectivity index (χ4n) is 1.52. The van der Waals surface area contributed by atoms with E-state index in [1.165, 1.54) is 18.2 Å². The van der Waals surface area contributed by atoms with Crippen molar-refractivity contribution in [1.29, 1.82) is 0 Å². The third-order valence-electron chi connectivity index (χ3n) is 2.93. The first-order valence-corrected chi connectivity index (χ1v) is 5.63. The maximum absolute atomic E-state index is 13.5. The Morgan fingerprint density at radius 1 is 1.50 bits per heavy atom. The molecule has 2 nitrogen and oxygen atoms in total. The Labute approximate surface area is 100 Å². The van der Waals surface area contributed by atoms with Crippen LogP contribution in [0.25, 0.3) is 0 Å². The highest BCUT2D eigenvalue weighted by Crippen LogP contribution is 2.24. The van der Waals surface area contributed by atoms with Crippen molar-refractivity contribution in [1.82, 2.24) is 0 Å². The van der Waals surface area contributed by atoms with Crippen LogP contribution in [0.4, 0.5) is 4.39 Å². The predicted molar refractivity (Wildman–Crippen MR) is 64.0 cm³/mol. The Balaban J connectivity index is 2.98. The monoisotopic (exact) mass is 245 g/mol. The van der Waals surface area contributed by atoms with Crippen LogP contribution in [-0.2, 0) is 6.42 Å². The summed E-state index contributed by atoms with van der Waals surface area (Å²) >= 11 is 5.79. The van der Waals surface area contributed by atoms with Crippen LogP contribution in [0.5, 0.6) is 0 Å². The summed E-state index contributed by atoms with van der Waals surface area (Å²) in [5, 5.41) is 10.7. The number of benzene rings is 1.